The number of amides is 1. The lowest BCUT2D eigenvalue weighted by Crippen LogP contribution is -2.23. The molecular weight excluding hydrogens is 230 g/mol. The van der Waals surface area contributed by atoms with Crippen LogP contribution in [0.5, 0.6) is 0 Å². The molecule has 0 saturated carbocycles. The Hall–Kier alpha value is -2.30. The van der Waals surface area contributed by atoms with E-state index in [1.54, 1.807) is 30.5 Å². The van der Waals surface area contributed by atoms with Gasteiger partial charge in [-0.05, 0) is 30.7 Å². The van der Waals surface area contributed by atoms with Crippen LogP contribution in [-0.2, 0) is 13.0 Å². The number of aryl methyl sites for hydroxylation is 1. The highest BCUT2D eigenvalue weighted by atomic mass is 16.3. The van der Waals surface area contributed by atoms with Crippen LogP contribution in [0.2, 0.25) is 0 Å². The van der Waals surface area contributed by atoms with Crippen molar-refractivity contribution in [3.8, 4) is 0 Å². The normalized spacial score (nSPS) is 10.3. The topological polar surface area (TPSA) is 81.2 Å². The van der Waals surface area contributed by atoms with E-state index in [1.165, 1.54) is 0 Å². The number of carbonyl (C=O) groups is 1. The molecule has 0 radical (unpaired) electrons. The first-order valence-electron chi connectivity index (χ1n) is 5.76. The second-order valence-electron chi connectivity index (χ2n) is 3.89. The molecule has 0 spiro atoms. The molecule has 0 aliphatic heterocycles. The van der Waals surface area contributed by atoms with Gasteiger partial charge in [0.15, 0.2) is 0 Å². The van der Waals surface area contributed by atoms with Gasteiger partial charge in [0, 0.05) is 11.3 Å². The number of hydrogen-bond acceptors (Lipinski definition) is 4. The highest BCUT2D eigenvalue weighted by Crippen LogP contribution is 2.09. The maximum atomic E-state index is 11.9. The van der Waals surface area contributed by atoms with Crippen molar-refractivity contribution in [2.24, 2.45) is 0 Å². The van der Waals surface area contributed by atoms with Crippen LogP contribution in [-0.4, -0.2) is 10.9 Å². The Balaban J connectivity index is 2.06. The molecule has 0 aliphatic rings. The summed E-state index contributed by atoms with van der Waals surface area (Å²) in [5, 5.41) is 2.76. The van der Waals surface area contributed by atoms with E-state index in [0.29, 0.717) is 23.7 Å². The maximum Gasteiger partial charge on any atom is 0.251 e. The van der Waals surface area contributed by atoms with Gasteiger partial charge in [-0.2, -0.15) is 0 Å². The number of furan rings is 1. The smallest absolute Gasteiger partial charge is 0.251 e. The fourth-order valence-corrected chi connectivity index (χ4v) is 1.61. The van der Waals surface area contributed by atoms with Crippen molar-refractivity contribution in [2.75, 3.05) is 5.73 Å². The number of anilines is 1. The van der Waals surface area contributed by atoms with Crippen molar-refractivity contribution in [2.45, 2.75) is 19.9 Å². The van der Waals surface area contributed by atoms with E-state index in [9.17, 15) is 4.79 Å². The Bertz CT molecular complexity index is 535. The number of nitrogens with two attached hydrogens (primary N) is 1. The molecule has 0 saturated heterocycles. The SMILES string of the molecule is CCc1cc(C(=O)NCc2ccco2)cc(N)n1. The van der Waals surface area contributed by atoms with E-state index < -0.39 is 0 Å². The van der Waals surface area contributed by atoms with Gasteiger partial charge in [0.05, 0.1) is 12.8 Å². The first-order valence-corrected chi connectivity index (χ1v) is 5.76. The lowest BCUT2D eigenvalue weighted by molar-refractivity contribution is 0.0948. The summed E-state index contributed by atoms with van der Waals surface area (Å²) in [6.45, 7) is 2.32. The zero-order chi connectivity index (χ0) is 13.0. The molecule has 94 valence electrons. The molecule has 1 amide bonds. The van der Waals surface area contributed by atoms with E-state index in [4.69, 9.17) is 10.2 Å². The average molecular weight is 245 g/mol. The van der Waals surface area contributed by atoms with Gasteiger partial charge in [0.2, 0.25) is 0 Å². The molecule has 0 bridgehead atoms. The summed E-state index contributed by atoms with van der Waals surface area (Å²) in [5.74, 6) is 0.883. The van der Waals surface area contributed by atoms with E-state index in [0.717, 1.165) is 12.1 Å². The Morgan fingerprint density at radius 3 is 3.00 bits per heavy atom. The molecule has 0 fully saturated rings. The molecule has 0 unspecified atom stereocenters. The van der Waals surface area contributed by atoms with Gasteiger partial charge >= 0.3 is 0 Å². The standard InChI is InChI=1S/C13H15N3O2/c1-2-10-6-9(7-12(14)16-10)13(17)15-8-11-4-3-5-18-11/h3-7H,2,8H2,1H3,(H2,14,16)(H,15,17). The summed E-state index contributed by atoms with van der Waals surface area (Å²) in [6.07, 6.45) is 2.31. The first-order chi connectivity index (χ1) is 8.69. The quantitative estimate of drug-likeness (QED) is 0.859. The number of pyridine rings is 1. The van der Waals surface area contributed by atoms with Crippen molar-refractivity contribution >= 4 is 11.7 Å². The van der Waals surface area contributed by atoms with Crippen LogP contribution in [0.15, 0.2) is 34.9 Å². The van der Waals surface area contributed by atoms with Crippen LogP contribution in [0.4, 0.5) is 5.82 Å². The zero-order valence-corrected chi connectivity index (χ0v) is 10.1. The number of hydrogen-bond donors (Lipinski definition) is 2. The van der Waals surface area contributed by atoms with Gasteiger partial charge in [0.25, 0.3) is 5.91 Å². The van der Waals surface area contributed by atoms with Crippen LogP contribution in [0.1, 0.15) is 28.7 Å². The van der Waals surface area contributed by atoms with Crippen molar-refractivity contribution in [3.63, 3.8) is 0 Å². The Labute approximate surface area is 105 Å². The molecule has 2 rings (SSSR count). The highest BCUT2D eigenvalue weighted by molar-refractivity contribution is 5.94. The van der Waals surface area contributed by atoms with E-state index in [2.05, 4.69) is 10.3 Å². The molecule has 5 nitrogen and oxygen atoms in total. The van der Waals surface area contributed by atoms with Crippen LogP contribution < -0.4 is 11.1 Å². The molecule has 5 heteroatoms. The Kier molecular flexibility index (Phi) is 3.62. The van der Waals surface area contributed by atoms with E-state index in [-0.39, 0.29) is 5.91 Å². The van der Waals surface area contributed by atoms with E-state index in [1.807, 2.05) is 6.92 Å². The van der Waals surface area contributed by atoms with Crippen LogP contribution >= 0.6 is 0 Å². The van der Waals surface area contributed by atoms with Crippen molar-refractivity contribution in [3.05, 3.63) is 47.5 Å². The second kappa shape index (κ2) is 5.35. The van der Waals surface area contributed by atoms with Gasteiger partial charge in [-0.3, -0.25) is 4.79 Å². The van der Waals surface area contributed by atoms with Crippen molar-refractivity contribution in [1.82, 2.24) is 10.3 Å². The molecule has 2 aromatic rings. The number of nitrogen functional groups attached to an aromatic ring is 1. The summed E-state index contributed by atoms with van der Waals surface area (Å²) in [7, 11) is 0. The molecule has 0 aromatic carbocycles. The monoisotopic (exact) mass is 245 g/mol. The predicted molar refractivity (Wildman–Crippen MR) is 67.9 cm³/mol. The average Bonchev–Trinajstić information content (AvgIpc) is 2.88. The fraction of sp³-hybridized carbons (Fsp3) is 0.231. The predicted octanol–water partition coefficient (Wildman–Crippen LogP) is 1.75. The number of aromatic nitrogens is 1. The lowest BCUT2D eigenvalue weighted by atomic mass is 10.2. The van der Waals surface area contributed by atoms with Crippen molar-refractivity contribution in [1.29, 1.82) is 0 Å². The summed E-state index contributed by atoms with van der Waals surface area (Å²) < 4.78 is 5.14. The van der Waals surface area contributed by atoms with Gasteiger partial charge < -0.3 is 15.5 Å². The van der Waals surface area contributed by atoms with Gasteiger partial charge in [-0.1, -0.05) is 6.92 Å². The Morgan fingerprint density at radius 2 is 2.33 bits per heavy atom. The minimum Gasteiger partial charge on any atom is -0.467 e. The van der Waals surface area contributed by atoms with Crippen LogP contribution in [0.3, 0.4) is 0 Å². The zero-order valence-electron chi connectivity index (χ0n) is 10.1. The largest absolute Gasteiger partial charge is 0.467 e. The molecule has 2 aromatic heterocycles. The Morgan fingerprint density at radius 1 is 1.50 bits per heavy atom. The summed E-state index contributed by atoms with van der Waals surface area (Å²) in [6, 6.07) is 6.89. The van der Waals surface area contributed by atoms with Gasteiger partial charge in [0.1, 0.15) is 11.6 Å². The lowest BCUT2D eigenvalue weighted by Gasteiger charge is -2.06. The minimum absolute atomic E-state index is 0.185. The highest BCUT2D eigenvalue weighted by Gasteiger charge is 2.08. The fourth-order valence-electron chi connectivity index (χ4n) is 1.61. The molecule has 0 aliphatic carbocycles. The molecule has 18 heavy (non-hydrogen) atoms. The van der Waals surface area contributed by atoms with E-state index >= 15 is 0 Å². The molecule has 2 heterocycles. The minimum atomic E-state index is -0.185. The number of carbonyl (C=O) groups excluding carboxylic acids is 1. The molecule has 0 atom stereocenters. The number of nitrogens with zero attached hydrogens (tertiary/aromatic N) is 1. The third kappa shape index (κ3) is 2.88. The third-order valence-electron chi connectivity index (χ3n) is 2.53. The van der Waals surface area contributed by atoms with Gasteiger partial charge in [-0.25, -0.2) is 4.98 Å². The summed E-state index contributed by atoms with van der Waals surface area (Å²) in [5.41, 5.74) is 6.98. The number of nitrogens with one attached hydrogen (secondary N) is 1. The summed E-state index contributed by atoms with van der Waals surface area (Å²) >= 11 is 0. The molecular formula is C13H15N3O2. The third-order valence-corrected chi connectivity index (χ3v) is 2.53. The first kappa shape index (κ1) is 12.2. The van der Waals surface area contributed by atoms with Crippen molar-refractivity contribution < 1.29 is 9.21 Å². The maximum absolute atomic E-state index is 11.9. The van der Waals surface area contributed by atoms with Crippen LogP contribution in [0.25, 0.3) is 0 Å². The van der Waals surface area contributed by atoms with Crippen LogP contribution in [0, 0.1) is 0 Å². The summed E-state index contributed by atoms with van der Waals surface area (Å²) in [4.78, 5) is 16.0. The number of rotatable bonds is 4. The van der Waals surface area contributed by atoms with Gasteiger partial charge in [-0.15, -0.1) is 0 Å². The second-order valence-corrected chi connectivity index (χ2v) is 3.89. The molecule has 3 N–H and O–H groups in total.